The molecule has 0 radical (unpaired) electrons. The molecule has 140 valence electrons. The summed E-state index contributed by atoms with van der Waals surface area (Å²) < 4.78 is 11.0. The Balaban J connectivity index is 1.58. The highest BCUT2D eigenvalue weighted by atomic mass is 16.5. The Kier molecular flexibility index (Phi) is 4.32. The zero-order chi connectivity index (χ0) is 18.5. The van der Waals surface area contributed by atoms with E-state index in [2.05, 4.69) is 19.1 Å². The van der Waals surface area contributed by atoms with Crippen LogP contribution in [0.5, 0.6) is 5.75 Å². The number of aryl methyl sites for hydroxylation is 1. The number of hydrogen-bond donors (Lipinski definition) is 0. The first kappa shape index (κ1) is 17.6. The zero-order valence-corrected chi connectivity index (χ0v) is 15.9. The lowest BCUT2D eigenvalue weighted by molar-refractivity contribution is -0.154. The van der Waals surface area contributed by atoms with Crippen LogP contribution in [0.3, 0.4) is 0 Å². The number of carbonyl (C=O) groups excluding carboxylic acids is 2. The number of ether oxygens (including phenoxy) is 2. The Hall–Kier alpha value is -1.84. The molecule has 26 heavy (non-hydrogen) atoms. The highest BCUT2D eigenvalue weighted by Crippen LogP contribution is 2.61. The van der Waals surface area contributed by atoms with Crippen molar-refractivity contribution in [1.29, 1.82) is 0 Å². The Morgan fingerprint density at radius 3 is 2.62 bits per heavy atom. The minimum absolute atomic E-state index is 0.0821. The monoisotopic (exact) mass is 356 g/mol. The third-order valence-corrected chi connectivity index (χ3v) is 7.18. The molecule has 5 atom stereocenters. The summed E-state index contributed by atoms with van der Waals surface area (Å²) in [5.41, 5.74) is 2.90. The van der Waals surface area contributed by atoms with Gasteiger partial charge in [-0.25, -0.2) is 0 Å². The molecule has 0 saturated heterocycles. The molecule has 4 rings (SSSR count). The van der Waals surface area contributed by atoms with Crippen molar-refractivity contribution < 1.29 is 19.1 Å². The molecule has 2 saturated carbocycles. The number of fused-ring (bicyclic) bond motifs is 5. The molecule has 4 heteroatoms. The molecule has 0 aromatic heterocycles. The van der Waals surface area contributed by atoms with Crippen LogP contribution >= 0.6 is 0 Å². The molecule has 0 heterocycles. The van der Waals surface area contributed by atoms with Gasteiger partial charge in [0.2, 0.25) is 0 Å². The van der Waals surface area contributed by atoms with Crippen LogP contribution < -0.4 is 4.74 Å². The van der Waals surface area contributed by atoms with E-state index in [1.165, 1.54) is 31.4 Å². The standard InChI is InChI=1S/C22H28O4/c1-13(23)25-16-5-7-17-15(12-16)4-6-19-18(17)10-11-22(3)20(19)8-9-21(22)26-14(2)24/h5,7,12,18-21H,4,6,8-11H2,1-3H3/t18-,19-,20+,21+,22-/m1/s1. The summed E-state index contributed by atoms with van der Waals surface area (Å²) in [7, 11) is 0. The fourth-order valence-electron chi connectivity index (χ4n) is 6.13. The molecular weight excluding hydrogens is 328 g/mol. The van der Waals surface area contributed by atoms with Crippen LogP contribution in [0.15, 0.2) is 18.2 Å². The first-order valence-electron chi connectivity index (χ1n) is 9.87. The van der Waals surface area contributed by atoms with Crippen molar-refractivity contribution in [2.75, 3.05) is 0 Å². The molecule has 0 aliphatic heterocycles. The average Bonchev–Trinajstić information content (AvgIpc) is 2.90. The van der Waals surface area contributed by atoms with E-state index in [1.807, 2.05) is 6.07 Å². The molecule has 0 unspecified atom stereocenters. The fraction of sp³-hybridized carbons (Fsp3) is 0.636. The van der Waals surface area contributed by atoms with Gasteiger partial charge >= 0.3 is 11.9 Å². The second kappa shape index (κ2) is 6.40. The van der Waals surface area contributed by atoms with E-state index < -0.39 is 0 Å². The summed E-state index contributed by atoms with van der Waals surface area (Å²) in [6, 6.07) is 6.16. The predicted octanol–water partition coefficient (Wildman–Crippen LogP) is 4.40. The number of esters is 2. The van der Waals surface area contributed by atoms with E-state index in [9.17, 15) is 9.59 Å². The van der Waals surface area contributed by atoms with Crippen LogP contribution in [-0.4, -0.2) is 18.0 Å². The average molecular weight is 356 g/mol. The van der Waals surface area contributed by atoms with Gasteiger partial charge in [0.15, 0.2) is 0 Å². The Morgan fingerprint density at radius 2 is 1.88 bits per heavy atom. The van der Waals surface area contributed by atoms with E-state index in [0.717, 1.165) is 32.1 Å². The van der Waals surface area contributed by atoms with Gasteiger partial charge in [0.05, 0.1) is 0 Å². The van der Waals surface area contributed by atoms with E-state index in [4.69, 9.17) is 9.47 Å². The third-order valence-electron chi connectivity index (χ3n) is 7.18. The first-order chi connectivity index (χ1) is 12.4. The van der Waals surface area contributed by atoms with Gasteiger partial charge in [-0.3, -0.25) is 9.59 Å². The second-order valence-corrected chi connectivity index (χ2v) is 8.59. The fourth-order valence-corrected chi connectivity index (χ4v) is 6.13. The van der Waals surface area contributed by atoms with Gasteiger partial charge in [-0.05, 0) is 79.5 Å². The number of carbonyl (C=O) groups is 2. The lowest BCUT2D eigenvalue weighted by Crippen LogP contribution is -2.45. The number of rotatable bonds is 2. The van der Waals surface area contributed by atoms with Crippen molar-refractivity contribution in [2.45, 2.75) is 71.3 Å². The lowest BCUT2D eigenvalue weighted by atomic mass is 9.55. The van der Waals surface area contributed by atoms with Crippen LogP contribution in [0, 0.1) is 17.3 Å². The van der Waals surface area contributed by atoms with Crippen LogP contribution in [-0.2, 0) is 20.7 Å². The molecule has 2 fully saturated rings. The molecular formula is C22H28O4. The second-order valence-electron chi connectivity index (χ2n) is 8.59. The van der Waals surface area contributed by atoms with Crippen LogP contribution in [0.4, 0.5) is 0 Å². The molecule has 0 spiro atoms. The Labute approximate surface area is 155 Å². The SMILES string of the molecule is CC(=O)Oc1ccc2c(c1)CC[C@@H]1[C@@H]2CC[C@@]2(C)[C@@H](OC(C)=O)CC[C@@H]12. The number of benzene rings is 1. The zero-order valence-electron chi connectivity index (χ0n) is 15.9. The molecule has 0 bridgehead atoms. The molecule has 1 aromatic carbocycles. The summed E-state index contributed by atoms with van der Waals surface area (Å²) in [6.07, 6.45) is 6.72. The number of hydrogen-bond acceptors (Lipinski definition) is 4. The summed E-state index contributed by atoms with van der Waals surface area (Å²) in [4.78, 5) is 22.7. The van der Waals surface area contributed by atoms with Crippen molar-refractivity contribution in [1.82, 2.24) is 0 Å². The van der Waals surface area contributed by atoms with E-state index in [1.54, 1.807) is 0 Å². The van der Waals surface area contributed by atoms with Crippen LogP contribution in [0.1, 0.15) is 69.9 Å². The summed E-state index contributed by atoms with van der Waals surface area (Å²) >= 11 is 0. The minimum atomic E-state index is -0.269. The molecule has 3 aliphatic carbocycles. The van der Waals surface area contributed by atoms with Gasteiger partial charge in [-0.2, -0.15) is 0 Å². The lowest BCUT2D eigenvalue weighted by Gasteiger charge is -2.50. The molecule has 1 aromatic rings. The van der Waals surface area contributed by atoms with Gasteiger partial charge in [0, 0.05) is 19.3 Å². The normalized spacial score (nSPS) is 35.0. The van der Waals surface area contributed by atoms with Gasteiger partial charge in [-0.1, -0.05) is 13.0 Å². The Bertz CT molecular complexity index is 740. The summed E-state index contributed by atoms with van der Waals surface area (Å²) in [5, 5.41) is 0. The first-order valence-corrected chi connectivity index (χ1v) is 9.87. The summed E-state index contributed by atoms with van der Waals surface area (Å²) in [5.74, 6) is 2.12. The van der Waals surface area contributed by atoms with Gasteiger partial charge in [-0.15, -0.1) is 0 Å². The summed E-state index contributed by atoms with van der Waals surface area (Å²) in [6.45, 7) is 5.31. The van der Waals surface area contributed by atoms with E-state index >= 15 is 0 Å². The molecule has 4 nitrogen and oxygen atoms in total. The topological polar surface area (TPSA) is 52.6 Å². The van der Waals surface area contributed by atoms with Crippen molar-refractivity contribution in [2.24, 2.45) is 17.3 Å². The van der Waals surface area contributed by atoms with Crippen LogP contribution in [0.25, 0.3) is 0 Å². The Morgan fingerprint density at radius 1 is 1.08 bits per heavy atom. The maximum Gasteiger partial charge on any atom is 0.308 e. The van der Waals surface area contributed by atoms with Crippen molar-refractivity contribution in [3.63, 3.8) is 0 Å². The van der Waals surface area contributed by atoms with Crippen molar-refractivity contribution >= 4 is 11.9 Å². The van der Waals surface area contributed by atoms with E-state index in [0.29, 0.717) is 23.5 Å². The van der Waals surface area contributed by atoms with E-state index in [-0.39, 0.29) is 23.5 Å². The highest BCUT2D eigenvalue weighted by molar-refractivity contribution is 5.69. The quantitative estimate of drug-likeness (QED) is 0.582. The maximum atomic E-state index is 11.5. The largest absolute Gasteiger partial charge is 0.462 e. The minimum Gasteiger partial charge on any atom is -0.462 e. The smallest absolute Gasteiger partial charge is 0.308 e. The van der Waals surface area contributed by atoms with Crippen LogP contribution in [0.2, 0.25) is 0 Å². The molecule has 0 amide bonds. The third kappa shape index (κ3) is 2.83. The van der Waals surface area contributed by atoms with Crippen molar-refractivity contribution in [3.8, 4) is 5.75 Å². The van der Waals surface area contributed by atoms with Gasteiger partial charge in [0.1, 0.15) is 11.9 Å². The van der Waals surface area contributed by atoms with Gasteiger partial charge in [0.25, 0.3) is 0 Å². The molecule has 0 N–H and O–H groups in total. The molecule has 3 aliphatic rings. The van der Waals surface area contributed by atoms with Crippen molar-refractivity contribution in [3.05, 3.63) is 29.3 Å². The maximum absolute atomic E-state index is 11.5. The van der Waals surface area contributed by atoms with Gasteiger partial charge < -0.3 is 9.47 Å². The highest BCUT2D eigenvalue weighted by Gasteiger charge is 2.56. The predicted molar refractivity (Wildman–Crippen MR) is 97.9 cm³/mol.